The van der Waals surface area contributed by atoms with Crippen LogP contribution < -0.4 is 14.2 Å². The van der Waals surface area contributed by atoms with Crippen molar-refractivity contribution in [3.8, 4) is 39.2 Å². The summed E-state index contributed by atoms with van der Waals surface area (Å²) in [7, 11) is 1.59. The molecule has 274 valence electrons. The number of hydrogen-bond acceptors (Lipinski definition) is 12. The minimum absolute atomic E-state index is 0.0405. The maximum absolute atomic E-state index is 13.7. The Labute approximate surface area is 317 Å². The fourth-order valence-electron chi connectivity index (χ4n) is 5.59. The van der Waals surface area contributed by atoms with E-state index < -0.39 is 18.2 Å². The van der Waals surface area contributed by atoms with Gasteiger partial charge in [-0.3, -0.25) is 0 Å². The fourth-order valence-corrected chi connectivity index (χ4v) is 7.58. The lowest BCUT2D eigenvalue weighted by molar-refractivity contribution is -0.151. The van der Waals surface area contributed by atoms with Crippen molar-refractivity contribution in [3.63, 3.8) is 0 Å². The first-order valence-corrected chi connectivity index (χ1v) is 18.4. The van der Waals surface area contributed by atoms with Crippen molar-refractivity contribution in [2.75, 3.05) is 20.3 Å². The van der Waals surface area contributed by atoms with Crippen molar-refractivity contribution < 1.29 is 38.3 Å². The lowest BCUT2D eigenvalue weighted by atomic mass is 10.00. The molecule has 3 aromatic carbocycles. The number of carbonyl (C=O) groups excluding carboxylic acids is 1. The van der Waals surface area contributed by atoms with Gasteiger partial charge in [0, 0.05) is 12.6 Å². The van der Waals surface area contributed by atoms with Gasteiger partial charge in [0.15, 0.2) is 5.82 Å². The molecule has 2 N–H and O–H groups in total. The molecule has 53 heavy (non-hydrogen) atoms. The summed E-state index contributed by atoms with van der Waals surface area (Å²) in [5.41, 5.74) is 3.62. The highest BCUT2D eigenvalue weighted by molar-refractivity contribution is 9.10. The number of aryl methyl sites for hydroxylation is 1. The largest absolute Gasteiger partial charge is 0.496 e. The molecule has 0 aliphatic rings. The van der Waals surface area contributed by atoms with Crippen LogP contribution in [0.5, 0.6) is 17.4 Å². The molecule has 11 nitrogen and oxygen atoms in total. The first-order chi connectivity index (χ1) is 25.8. The lowest BCUT2D eigenvalue weighted by Crippen LogP contribution is -2.32. The van der Waals surface area contributed by atoms with Gasteiger partial charge in [-0.25, -0.2) is 29.1 Å². The third kappa shape index (κ3) is 9.14. The van der Waals surface area contributed by atoms with Crippen molar-refractivity contribution >= 4 is 43.5 Å². The number of aliphatic hydroxyl groups is 2. The summed E-state index contributed by atoms with van der Waals surface area (Å²) in [6, 6.07) is 20.9. The van der Waals surface area contributed by atoms with Gasteiger partial charge in [0.2, 0.25) is 12.0 Å². The molecule has 0 aliphatic heterocycles. The Hall–Kier alpha value is -5.02. The predicted molar refractivity (Wildman–Crippen MR) is 201 cm³/mol. The minimum Gasteiger partial charge on any atom is -0.496 e. The number of aromatic nitrogens is 4. The second-order valence-corrected chi connectivity index (χ2v) is 13.6. The quantitative estimate of drug-likeness (QED) is 0.0963. The van der Waals surface area contributed by atoms with E-state index in [1.807, 2.05) is 36.4 Å². The first kappa shape index (κ1) is 37.7. The number of ether oxygens (including phenoxy) is 4. The zero-order chi connectivity index (χ0) is 37.3. The third-order valence-electron chi connectivity index (χ3n) is 8.25. The number of halogens is 2. The van der Waals surface area contributed by atoms with E-state index in [1.165, 1.54) is 29.8 Å². The molecule has 0 saturated heterocycles. The summed E-state index contributed by atoms with van der Waals surface area (Å²) in [5.74, 6) is 0.819. The molecule has 0 amide bonds. The van der Waals surface area contributed by atoms with E-state index in [1.54, 1.807) is 44.5 Å². The molecule has 0 bridgehead atoms. The van der Waals surface area contributed by atoms with Crippen molar-refractivity contribution in [2.24, 2.45) is 0 Å². The third-order valence-corrected chi connectivity index (χ3v) is 10.5. The monoisotopic (exact) mass is 802 g/mol. The van der Waals surface area contributed by atoms with E-state index >= 15 is 0 Å². The molecule has 0 aliphatic carbocycles. The summed E-state index contributed by atoms with van der Waals surface area (Å²) in [4.78, 5) is 32.9. The summed E-state index contributed by atoms with van der Waals surface area (Å²) < 4.78 is 38.0. The molecule has 0 unspecified atom stereocenters. The van der Waals surface area contributed by atoms with Gasteiger partial charge in [-0.05, 0) is 88.8 Å². The van der Waals surface area contributed by atoms with Gasteiger partial charge in [0.25, 0.3) is 0 Å². The fraction of sp³-hybridized carbons (Fsp3) is 0.256. The molecule has 3 heterocycles. The van der Waals surface area contributed by atoms with Gasteiger partial charge in [-0.2, -0.15) is 0 Å². The number of benzene rings is 3. The predicted octanol–water partition coefficient (Wildman–Crippen LogP) is 7.14. The van der Waals surface area contributed by atoms with E-state index in [-0.39, 0.29) is 37.9 Å². The molecule has 2 atom stereocenters. The summed E-state index contributed by atoms with van der Waals surface area (Å²) in [6.45, 7) is 1.58. The van der Waals surface area contributed by atoms with Crippen LogP contribution in [-0.2, 0) is 29.0 Å². The Morgan fingerprint density at radius 1 is 1.02 bits per heavy atom. The average molecular weight is 804 g/mol. The average Bonchev–Trinajstić information content (AvgIpc) is 3.53. The van der Waals surface area contributed by atoms with Crippen LogP contribution >= 0.6 is 27.3 Å². The van der Waals surface area contributed by atoms with Gasteiger partial charge >= 0.3 is 5.97 Å². The zero-order valence-corrected chi connectivity index (χ0v) is 31.3. The Balaban J connectivity index is 1.31. The Morgan fingerprint density at radius 2 is 1.83 bits per heavy atom. The summed E-state index contributed by atoms with van der Waals surface area (Å²) >= 11 is 5.05. The number of carbonyl (C=O) groups is 1. The summed E-state index contributed by atoms with van der Waals surface area (Å²) in [6.07, 6.45) is 1.84. The van der Waals surface area contributed by atoms with Crippen LogP contribution in [0.3, 0.4) is 0 Å². The van der Waals surface area contributed by atoms with Crippen molar-refractivity contribution in [2.45, 2.75) is 45.0 Å². The van der Waals surface area contributed by atoms with E-state index in [0.29, 0.717) is 56.1 Å². The van der Waals surface area contributed by atoms with Crippen molar-refractivity contribution in [1.29, 1.82) is 0 Å². The number of thiophene rings is 1. The van der Waals surface area contributed by atoms with E-state index in [2.05, 4.69) is 30.9 Å². The van der Waals surface area contributed by atoms with Gasteiger partial charge in [-0.15, -0.1) is 11.3 Å². The SMILES string of the molecule is CCOC(=O)[C@@H](Cc1cc(CC[C@H](O)CO)ccc1OCc1ccnc(-c2ccccc2OC)n1)Oc1ncnc2sc(-c3ccc(F)cc3)c(Br)c12. The molecule has 0 fully saturated rings. The van der Waals surface area contributed by atoms with Gasteiger partial charge in [0.1, 0.15) is 35.1 Å². The van der Waals surface area contributed by atoms with Crippen molar-refractivity contribution in [3.05, 3.63) is 112 Å². The highest BCUT2D eigenvalue weighted by Gasteiger charge is 2.28. The van der Waals surface area contributed by atoms with E-state index in [0.717, 1.165) is 21.6 Å². The van der Waals surface area contributed by atoms with Crippen LogP contribution in [0.15, 0.2) is 89.8 Å². The molecular formula is C39H36BrFN4O7S. The van der Waals surface area contributed by atoms with E-state index in [4.69, 9.17) is 23.9 Å². The number of methoxy groups -OCH3 is 1. The second-order valence-electron chi connectivity index (χ2n) is 11.9. The maximum Gasteiger partial charge on any atom is 0.347 e. The maximum atomic E-state index is 13.7. The minimum atomic E-state index is -1.15. The van der Waals surface area contributed by atoms with Crippen LogP contribution in [0.25, 0.3) is 32.0 Å². The van der Waals surface area contributed by atoms with Gasteiger partial charge < -0.3 is 29.2 Å². The summed E-state index contributed by atoms with van der Waals surface area (Å²) in [5, 5.41) is 20.0. The molecular weight excluding hydrogens is 767 g/mol. The molecule has 6 aromatic rings. The van der Waals surface area contributed by atoms with Crippen molar-refractivity contribution in [1.82, 2.24) is 19.9 Å². The number of fused-ring (bicyclic) bond motifs is 1. The van der Waals surface area contributed by atoms with Crippen LogP contribution in [0, 0.1) is 5.82 Å². The lowest BCUT2D eigenvalue weighted by Gasteiger charge is -2.20. The molecule has 0 saturated carbocycles. The Kier molecular flexibility index (Phi) is 12.6. The molecule has 0 radical (unpaired) electrons. The molecule has 3 aromatic heterocycles. The number of esters is 1. The topological polar surface area (TPSA) is 146 Å². The van der Waals surface area contributed by atoms with Gasteiger partial charge in [0.05, 0.1) is 52.4 Å². The first-order valence-electron chi connectivity index (χ1n) is 16.8. The van der Waals surface area contributed by atoms with Crippen LogP contribution in [0.4, 0.5) is 4.39 Å². The number of para-hydroxylation sites is 1. The van der Waals surface area contributed by atoms with Crippen LogP contribution in [-0.4, -0.2) is 68.6 Å². The molecule has 6 rings (SSSR count). The van der Waals surface area contributed by atoms with Gasteiger partial charge in [-0.1, -0.05) is 36.4 Å². The molecule has 0 spiro atoms. The second kappa shape index (κ2) is 17.7. The highest BCUT2D eigenvalue weighted by Crippen LogP contribution is 2.44. The van der Waals surface area contributed by atoms with E-state index in [9.17, 15) is 19.4 Å². The normalized spacial score (nSPS) is 12.3. The Bertz CT molecular complexity index is 2190. The molecule has 14 heteroatoms. The van der Waals surface area contributed by atoms with Crippen LogP contribution in [0.2, 0.25) is 0 Å². The number of aliphatic hydroxyl groups excluding tert-OH is 2. The van der Waals surface area contributed by atoms with Crippen LogP contribution in [0.1, 0.15) is 30.2 Å². The number of nitrogens with zero attached hydrogens (tertiary/aromatic N) is 4. The standard InChI is InChI=1S/C39H36BrFN4O7S/c1-3-50-39(48)32(52-37-33-34(40)35(53-38(33)44-22-43-37)24-10-12-26(41)13-11-24)19-25-18-23(8-14-28(47)20-46)9-15-30(25)51-21-27-16-17-42-36(45-27)29-6-4-5-7-31(29)49-2/h4-7,9-13,15-18,22,28,32,46-47H,3,8,14,19-21H2,1-2H3/t28-,32+/m0/s1. The number of hydrogen-bond donors (Lipinski definition) is 2. The smallest absolute Gasteiger partial charge is 0.347 e. The highest BCUT2D eigenvalue weighted by atomic mass is 79.9. The Morgan fingerprint density at radius 3 is 2.60 bits per heavy atom. The zero-order valence-electron chi connectivity index (χ0n) is 28.9. The number of rotatable bonds is 16.